The molecule has 0 aromatic heterocycles. The topological polar surface area (TPSA) is 83.6 Å². The van der Waals surface area contributed by atoms with Crippen LogP contribution >= 0.6 is 0 Å². The number of amides is 1. The predicted molar refractivity (Wildman–Crippen MR) is 137 cm³/mol. The van der Waals surface area contributed by atoms with Crippen molar-refractivity contribution in [1.82, 2.24) is 0 Å². The number of halogens is 1. The number of Topliss-reactive ketones (excluding diaryl/α,β-unsaturated/α-hetero) is 3. The SMILES string of the molecule is CC(=O)Nc1cccc2c1C=C[C@@H]1N2[C@@H](C(C)=O)[C@H](c2ccc(F)cc2)C12C(=O)c1ccccc1C2=O. The molecule has 6 nitrogen and oxygen atoms in total. The van der Waals surface area contributed by atoms with Crippen molar-refractivity contribution in [2.75, 3.05) is 10.2 Å². The van der Waals surface area contributed by atoms with Crippen molar-refractivity contribution in [2.45, 2.75) is 31.8 Å². The highest BCUT2D eigenvalue weighted by atomic mass is 19.1. The van der Waals surface area contributed by atoms with Crippen LogP contribution in [0.2, 0.25) is 0 Å². The van der Waals surface area contributed by atoms with Crippen LogP contribution in [0.4, 0.5) is 15.8 Å². The van der Waals surface area contributed by atoms with Crippen LogP contribution in [0.3, 0.4) is 0 Å². The molecule has 3 aromatic carbocycles. The molecular formula is C30H23FN2O4. The number of nitrogens with zero attached hydrogens (tertiary/aromatic N) is 1. The molecule has 3 aromatic rings. The molecule has 1 fully saturated rings. The summed E-state index contributed by atoms with van der Waals surface area (Å²) in [5.41, 5.74) is 1.47. The van der Waals surface area contributed by atoms with Crippen LogP contribution in [0, 0.1) is 11.2 Å². The molecule has 37 heavy (non-hydrogen) atoms. The lowest BCUT2D eigenvalue weighted by molar-refractivity contribution is -0.118. The predicted octanol–water partition coefficient (Wildman–Crippen LogP) is 4.81. The van der Waals surface area contributed by atoms with Gasteiger partial charge in [-0.15, -0.1) is 0 Å². The van der Waals surface area contributed by atoms with Gasteiger partial charge in [-0.1, -0.05) is 54.6 Å². The summed E-state index contributed by atoms with van der Waals surface area (Å²) in [4.78, 5) is 55.7. The van der Waals surface area contributed by atoms with E-state index in [4.69, 9.17) is 0 Å². The number of nitrogens with one attached hydrogen (secondary N) is 1. The van der Waals surface area contributed by atoms with Gasteiger partial charge in [0, 0.05) is 35.2 Å². The minimum absolute atomic E-state index is 0.223. The molecule has 1 amide bonds. The van der Waals surface area contributed by atoms with Crippen molar-refractivity contribution in [1.29, 1.82) is 0 Å². The molecule has 1 aliphatic carbocycles. The Kier molecular flexibility index (Phi) is 5.02. The Morgan fingerprint density at radius 1 is 0.892 bits per heavy atom. The molecule has 3 atom stereocenters. The number of carbonyl (C=O) groups is 4. The summed E-state index contributed by atoms with van der Waals surface area (Å²) in [5, 5.41) is 2.82. The summed E-state index contributed by atoms with van der Waals surface area (Å²) in [6.45, 7) is 2.86. The van der Waals surface area contributed by atoms with Crippen molar-refractivity contribution in [3.63, 3.8) is 0 Å². The molecule has 7 heteroatoms. The average Bonchev–Trinajstić information content (AvgIpc) is 3.31. The van der Waals surface area contributed by atoms with Gasteiger partial charge in [-0.05, 0) is 36.8 Å². The van der Waals surface area contributed by atoms with Gasteiger partial charge >= 0.3 is 0 Å². The van der Waals surface area contributed by atoms with Crippen molar-refractivity contribution in [3.8, 4) is 0 Å². The Morgan fingerprint density at radius 3 is 2.14 bits per heavy atom. The summed E-state index contributed by atoms with van der Waals surface area (Å²) in [7, 11) is 0. The summed E-state index contributed by atoms with van der Waals surface area (Å²) in [6, 6.07) is 16.1. The molecular weight excluding hydrogens is 471 g/mol. The first-order valence-electron chi connectivity index (χ1n) is 12.1. The third-order valence-electron chi connectivity index (χ3n) is 7.80. The van der Waals surface area contributed by atoms with E-state index in [2.05, 4.69) is 5.32 Å². The Balaban J connectivity index is 1.65. The largest absolute Gasteiger partial charge is 0.352 e. The molecule has 1 spiro atoms. The molecule has 0 unspecified atom stereocenters. The van der Waals surface area contributed by atoms with Gasteiger partial charge in [-0.25, -0.2) is 4.39 Å². The first-order chi connectivity index (χ1) is 17.8. The van der Waals surface area contributed by atoms with Gasteiger partial charge in [0.25, 0.3) is 0 Å². The highest BCUT2D eigenvalue weighted by Crippen LogP contribution is 2.61. The van der Waals surface area contributed by atoms with Crippen LogP contribution in [0.5, 0.6) is 0 Å². The third-order valence-corrected chi connectivity index (χ3v) is 7.80. The maximum atomic E-state index is 14.3. The van der Waals surface area contributed by atoms with E-state index in [0.717, 1.165) is 0 Å². The smallest absolute Gasteiger partial charge is 0.221 e. The normalized spacial score (nSPS) is 22.6. The van der Waals surface area contributed by atoms with Gasteiger partial charge in [0.05, 0.1) is 17.8 Å². The highest BCUT2D eigenvalue weighted by molar-refractivity contribution is 6.32. The van der Waals surface area contributed by atoms with E-state index in [1.165, 1.54) is 26.0 Å². The Bertz CT molecular complexity index is 1510. The molecule has 0 radical (unpaired) electrons. The number of benzene rings is 3. The fraction of sp³-hybridized carbons (Fsp3) is 0.200. The number of hydrogen-bond acceptors (Lipinski definition) is 5. The molecule has 6 rings (SSSR count). The Labute approximate surface area is 212 Å². The van der Waals surface area contributed by atoms with Crippen molar-refractivity contribution in [2.24, 2.45) is 5.41 Å². The van der Waals surface area contributed by atoms with E-state index in [1.54, 1.807) is 60.7 Å². The van der Waals surface area contributed by atoms with Gasteiger partial charge in [0.2, 0.25) is 5.91 Å². The number of fused-ring (bicyclic) bond motifs is 5. The molecule has 184 valence electrons. The molecule has 0 saturated carbocycles. The fourth-order valence-electron chi connectivity index (χ4n) is 6.49. The maximum Gasteiger partial charge on any atom is 0.221 e. The minimum atomic E-state index is -1.62. The summed E-state index contributed by atoms with van der Waals surface area (Å²) < 4.78 is 14.0. The first kappa shape index (κ1) is 23.0. The number of carbonyl (C=O) groups excluding carboxylic acids is 4. The van der Waals surface area contributed by atoms with E-state index in [0.29, 0.717) is 33.6 Å². The number of anilines is 2. The van der Waals surface area contributed by atoms with E-state index < -0.39 is 29.2 Å². The second-order valence-corrected chi connectivity index (χ2v) is 9.79. The second-order valence-electron chi connectivity index (χ2n) is 9.79. The van der Waals surface area contributed by atoms with Crippen LogP contribution in [0.1, 0.15) is 51.6 Å². The summed E-state index contributed by atoms with van der Waals surface area (Å²) in [6.07, 6.45) is 3.59. The third kappa shape index (κ3) is 3.03. The standard InChI is InChI=1S/C30H23FN2O4/c1-16(34)27-26(18-10-12-19(31)13-11-18)30(28(36)20-6-3-4-7-21(20)29(30)37)25-15-14-22-23(32-17(2)35)8-5-9-24(22)33(25)27/h3-15,25-27H,1-2H3,(H,32,35)/t25-,26-,27-/m0/s1. The minimum Gasteiger partial charge on any atom is -0.352 e. The molecule has 3 aliphatic rings. The number of ketones is 3. The van der Waals surface area contributed by atoms with Crippen LogP contribution < -0.4 is 10.2 Å². The molecule has 2 heterocycles. The first-order valence-corrected chi connectivity index (χ1v) is 12.1. The van der Waals surface area contributed by atoms with Crippen LogP contribution in [-0.4, -0.2) is 35.3 Å². The lowest BCUT2D eigenvalue weighted by Crippen LogP contribution is -2.48. The number of hydrogen-bond donors (Lipinski definition) is 1. The zero-order valence-electron chi connectivity index (χ0n) is 20.2. The average molecular weight is 495 g/mol. The van der Waals surface area contributed by atoms with Gasteiger partial charge in [-0.3, -0.25) is 19.2 Å². The van der Waals surface area contributed by atoms with Gasteiger partial charge < -0.3 is 10.2 Å². The van der Waals surface area contributed by atoms with Gasteiger partial charge in [0.15, 0.2) is 17.3 Å². The van der Waals surface area contributed by atoms with Crippen molar-refractivity contribution in [3.05, 3.63) is 101 Å². The molecule has 2 aliphatic heterocycles. The van der Waals surface area contributed by atoms with Crippen molar-refractivity contribution < 1.29 is 23.6 Å². The van der Waals surface area contributed by atoms with Gasteiger partial charge in [0.1, 0.15) is 11.2 Å². The van der Waals surface area contributed by atoms with Crippen molar-refractivity contribution >= 4 is 40.7 Å². The number of rotatable bonds is 3. The van der Waals surface area contributed by atoms with Crippen LogP contribution in [-0.2, 0) is 9.59 Å². The van der Waals surface area contributed by atoms with E-state index >= 15 is 0 Å². The molecule has 0 bridgehead atoms. The highest BCUT2D eigenvalue weighted by Gasteiger charge is 2.71. The Hall–Kier alpha value is -4.39. The van der Waals surface area contributed by atoms with E-state index in [-0.39, 0.29) is 23.3 Å². The van der Waals surface area contributed by atoms with Crippen LogP contribution in [0.15, 0.2) is 72.8 Å². The van der Waals surface area contributed by atoms with E-state index in [1.807, 2.05) is 11.0 Å². The van der Waals surface area contributed by atoms with Crippen LogP contribution in [0.25, 0.3) is 6.08 Å². The molecule has 1 saturated heterocycles. The maximum absolute atomic E-state index is 14.3. The Morgan fingerprint density at radius 2 is 1.54 bits per heavy atom. The quantitative estimate of drug-likeness (QED) is 0.529. The summed E-state index contributed by atoms with van der Waals surface area (Å²) in [5.74, 6) is -2.46. The van der Waals surface area contributed by atoms with Gasteiger partial charge in [-0.2, -0.15) is 0 Å². The zero-order chi connectivity index (χ0) is 26.1. The lowest BCUT2D eigenvalue weighted by atomic mass is 9.64. The summed E-state index contributed by atoms with van der Waals surface area (Å²) >= 11 is 0. The fourth-order valence-corrected chi connectivity index (χ4v) is 6.49. The molecule has 1 N–H and O–H groups in total. The van der Waals surface area contributed by atoms with E-state index in [9.17, 15) is 23.6 Å². The zero-order valence-corrected chi connectivity index (χ0v) is 20.2. The second kappa shape index (κ2) is 8.06. The monoisotopic (exact) mass is 494 g/mol. The lowest BCUT2D eigenvalue weighted by Gasteiger charge is -2.37.